The molecule has 0 fully saturated rings. The third-order valence-electron chi connectivity index (χ3n) is 8.39. The minimum atomic E-state index is -4.41. The number of ketones is 1. The van der Waals surface area contributed by atoms with Crippen molar-refractivity contribution >= 4 is 25.5 Å². The molecule has 57 heavy (non-hydrogen) atoms. The van der Waals surface area contributed by atoms with Crippen LogP contribution in [-0.2, 0) is 37.5 Å². The van der Waals surface area contributed by atoms with E-state index in [2.05, 4.69) is 62.5 Å². The second kappa shape index (κ2) is 37.2. The highest BCUT2D eigenvalue weighted by molar-refractivity contribution is 7.47. The molecule has 0 aromatic rings. The largest absolute Gasteiger partial charge is 0.472 e. The van der Waals surface area contributed by atoms with Crippen LogP contribution in [-0.4, -0.2) is 80.7 Å². The van der Waals surface area contributed by atoms with Crippen LogP contribution >= 0.6 is 7.82 Å². The van der Waals surface area contributed by atoms with Crippen LogP contribution in [0.1, 0.15) is 136 Å². The molecule has 1 N–H and O–H groups in total. The smallest absolute Gasteiger partial charge is 0.462 e. The SMILES string of the molecule is CC/C=C\C/C=C\C/C=C\CCCCCCCC(=O)OC[C@H](COP(=O)(O)OCC[N+](C)(C)C)OC(=O)CCC/C=C\C/C=C\C/C=C\C=C\C(=O)CCCCC. The maximum Gasteiger partial charge on any atom is 0.472 e. The molecule has 1 unspecified atom stereocenters. The number of carbonyl (C=O) groups is 3. The number of rotatable bonds is 37. The summed E-state index contributed by atoms with van der Waals surface area (Å²) in [7, 11) is 1.38. The van der Waals surface area contributed by atoms with Gasteiger partial charge in [-0.1, -0.05) is 125 Å². The first kappa shape index (κ1) is 53.9. The molecular formula is C46H77NO9P+. The number of allylic oxidation sites excluding steroid dienone is 14. The molecule has 0 radical (unpaired) electrons. The molecule has 324 valence electrons. The summed E-state index contributed by atoms with van der Waals surface area (Å²) in [6, 6.07) is 0. The van der Waals surface area contributed by atoms with Gasteiger partial charge in [-0.05, 0) is 76.7 Å². The van der Waals surface area contributed by atoms with Crippen LogP contribution in [0.15, 0.2) is 85.1 Å². The fourth-order valence-electron chi connectivity index (χ4n) is 5.03. The van der Waals surface area contributed by atoms with Crippen LogP contribution in [0, 0.1) is 0 Å². The van der Waals surface area contributed by atoms with Crippen molar-refractivity contribution in [1.29, 1.82) is 0 Å². The summed E-state index contributed by atoms with van der Waals surface area (Å²) in [6.45, 7) is 4.01. The minimum absolute atomic E-state index is 0.00286. The Kier molecular flexibility index (Phi) is 35.1. The highest BCUT2D eigenvalue weighted by Gasteiger charge is 2.27. The van der Waals surface area contributed by atoms with E-state index in [0.717, 1.165) is 83.5 Å². The van der Waals surface area contributed by atoms with E-state index in [4.69, 9.17) is 18.5 Å². The first-order valence-corrected chi connectivity index (χ1v) is 22.8. The Labute approximate surface area is 346 Å². The second-order valence-corrected chi connectivity index (χ2v) is 16.5. The van der Waals surface area contributed by atoms with Crippen LogP contribution in [0.3, 0.4) is 0 Å². The number of ether oxygens (including phenoxy) is 2. The van der Waals surface area contributed by atoms with Gasteiger partial charge in [0, 0.05) is 19.3 Å². The molecule has 0 saturated heterocycles. The normalized spacial score (nSPS) is 14.4. The van der Waals surface area contributed by atoms with Crippen molar-refractivity contribution < 1.29 is 46.8 Å². The lowest BCUT2D eigenvalue weighted by molar-refractivity contribution is -0.870. The highest BCUT2D eigenvalue weighted by Crippen LogP contribution is 2.43. The zero-order valence-electron chi connectivity index (χ0n) is 36.0. The van der Waals surface area contributed by atoms with E-state index in [1.807, 2.05) is 45.4 Å². The van der Waals surface area contributed by atoms with Crippen molar-refractivity contribution in [2.75, 3.05) is 47.5 Å². The molecule has 0 aliphatic carbocycles. The number of carbonyl (C=O) groups excluding carboxylic acids is 3. The molecular weight excluding hydrogens is 741 g/mol. The number of esters is 2. The summed E-state index contributed by atoms with van der Waals surface area (Å²) in [5.41, 5.74) is 0. The number of nitrogens with zero attached hydrogens (tertiary/aromatic N) is 1. The molecule has 0 spiro atoms. The van der Waals surface area contributed by atoms with E-state index in [0.29, 0.717) is 36.7 Å². The van der Waals surface area contributed by atoms with Gasteiger partial charge in [0.25, 0.3) is 0 Å². The fourth-order valence-corrected chi connectivity index (χ4v) is 5.77. The molecule has 0 aromatic carbocycles. The molecule has 0 heterocycles. The van der Waals surface area contributed by atoms with E-state index in [1.54, 1.807) is 12.2 Å². The van der Waals surface area contributed by atoms with Gasteiger partial charge in [-0.2, -0.15) is 0 Å². The van der Waals surface area contributed by atoms with Crippen molar-refractivity contribution in [2.45, 2.75) is 142 Å². The predicted octanol–water partition coefficient (Wildman–Crippen LogP) is 11.2. The van der Waals surface area contributed by atoms with Crippen LogP contribution in [0.2, 0.25) is 0 Å². The quantitative estimate of drug-likeness (QED) is 0.0124. The third-order valence-corrected chi connectivity index (χ3v) is 9.37. The number of quaternary nitrogens is 1. The Morgan fingerprint density at radius 3 is 1.82 bits per heavy atom. The molecule has 0 rings (SSSR count). The molecule has 2 atom stereocenters. The average Bonchev–Trinajstić information content (AvgIpc) is 3.15. The molecule has 11 heteroatoms. The third kappa shape index (κ3) is 40.8. The Morgan fingerprint density at radius 2 is 1.18 bits per heavy atom. The number of phosphoric acid groups is 1. The van der Waals surface area contributed by atoms with Gasteiger partial charge in [-0.15, -0.1) is 0 Å². The van der Waals surface area contributed by atoms with Gasteiger partial charge in [0.05, 0.1) is 27.7 Å². The van der Waals surface area contributed by atoms with Crippen LogP contribution < -0.4 is 0 Å². The standard InChI is InChI=1S/C46H76NO9P/c1-6-8-10-11-12-13-14-15-16-17-20-23-26-29-33-37-45(49)53-41-44(42-55-57(51,52)54-40-39-47(3,4)5)56-46(50)38-34-30-27-24-21-18-19-22-25-28-32-36-43(48)35-31-9-7-2/h8,10,12-13,15-16,18-19,24-25,27-28,32,36,44H,6-7,9,11,14,17,20-23,26,29-31,33-35,37-42H2,1-5H3/p+1/b10-8-,13-12-,16-15-,19-18-,27-24-,28-25-,36-32+/t44-/m1/s1. The van der Waals surface area contributed by atoms with Gasteiger partial charge in [0.1, 0.15) is 19.8 Å². The minimum Gasteiger partial charge on any atom is -0.462 e. The zero-order valence-corrected chi connectivity index (χ0v) is 36.9. The van der Waals surface area contributed by atoms with Crippen LogP contribution in [0.25, 0.3) is 0 Å². The molecule has 0 amide bonds. The summed E-state index contributed by atoms with van der Waals surface area (Å²) in [5, 5.41) is 0. The van der Waals surface area contributed by atoms with E-state index < -0.39 is 32.5 Å². The van der Waals surface area contributed by atoms with Crippen molar-refractivity contribution in [1.82, 2.24) is 0 Å². The number of hydrogen-bond donors (Lipinski definition) is 1. The van der Waals surface area contributed by atoms with E-state index >= 15 is 0 Å². The lowest BCUT2D eigenvalue weighted by atomic mass is 10.1. The Balaban J connectivity index is 4.57. The van der Waals surface area contributed by atoms with Crippen molar-refractivity contribution in [3.8, 4) is 0 Å². The van der Waals surface area contributed by atoms with Crippen molar-refractivity contribution in [3.05, 3.63) is 85.1 Å². The Morgan fingerprint density at radius 1 is 0.614 bits per heavy atom. The van der Waals surface area contributed by atoms with E-state index in [-0.39, 0.29) is 31.8 Å². The van der Waals surface area contributed by atoms with Crippen molar-refractivity contribution in [3.63, 3.8) is 0 Å². The molecule has 0 saturated carbocycles. The van der Waals surface area contributed by atoms with E-state index in [1.165, 1.54) is 0 Å². The van der Waals surface area contributed by atoms with Crippen LogP contribution in [0.4, 0.5) is 0 Å². The van der Waals surface area contributed by atoms with Crippen LogP contribution in [0.5, 0.6) is 0 Å². The summed E-state index contributed by atoms with van der Waals surface area (Å²) >= 11 is 0. The Hall–Kier alpha value is -3.14. The lowest BCUT2D eigenvalue weighted by Crippen LogP contribution is -2.37. The van der Waals surface area contributed by atoms with Gasteiger partial charge < -0.3 is 18.9 Å². The molecule has 0 bridgehead atoms. The Bertz CT molecular complexity index is 1310. The first-order valence-electron chi connectivity index (χ1n) is 21.3. The molecule has 0 aromatic heterocycles. The van der Waals surface area contributed by atoms with Gasteiger partial charge in [0.2, 0.25) is 0 Å². The maximum absolute atomic E-state index is 12.7. The monoisotopic (exact) mass is 819 g/mol. The summed E-state index contributed by atoms with van der Waals surface area (Å²) in [4.78, 5) is 47.0. The zero-order chi connectivity index (χ0) is 42.3. The molecule has 0 aliphatic rings. The second-order valence-electron chi connectivity index (χ2n) is 15.0. The van der Waals surface area contributed by atoms with Crippen molar-refractivity contribution in [2.24, 2.45) is 0 Å². The highest BCUT2D eigenvalue weighted by atomic mass is 31.2. The lowest BCUT2D eigenvalue weighted by Gasteiger charge is -2.24. The van der Waals surface area contributed by atoms with Gasteiger partial charge in [-0.25, -0.2) is 4.57 Å². The molecule has 0 aliphatic heterocycles. The number of unbranched alkanes of at least 4 members (excludes halogenated alkanes) is 8. The molecule has 10 nitrogen and oxygen atoms in total. The number of likely N-dealkylation sites (N-methyl/N-ethyl adjacent to an activating group) is 1. The summed E-state index contributed by atoms with van der Waals surface area (Å²) < 4.78 is 34.1. The summed E-state index contributed by atoms with van der Waals surface area (Å²) in [5.74, 6) is -0.763. The topological polar surface area (TPSA) is 125 Å². The number of phosphoric ester groups is 1. The van der Waals surface area contributed by atoms with Gasteiger partial charge >= 0.3 is 19.8 Å². The van der Waals surface area contributed by atoms with Gasteiger partial charge in [-0.3, -0.25) is 23.4 Å². The van der Waals surface area contributed by atoms with E-state index in [9.17, 15) is 23.8 Å². The predicted molar refractivity (Wildman–Crippen MR) is 234 cm³/mol. The number of hydrogen-bond acceptors (Lipinski definition) is 8. The maximum atomic E-state index is 12.7. The fraction of sp³-hybridized carbons (Fsp3) is 0.630. The summed E-state index contributed by atoms with van der Waals surface area (Å²) in [6.07, 6.45) is 43.4. The average molecular weight is 819 g/mol. The first-order chi connectivity index (χ1) is 27.4. The van der Waals surface area contributed by atoms with Gasteiger partial charge in [0.15, 0.2) is 11.9 Å².